The van der Waals surface area contributed by atoms with Crippen molar-refractivity contribution in [3.8, 4) is 0 Å². The number of unbranched alkanes of at least 4 members (excludes halogenated alkanes) is 1. The molecule has 0 radical (unpaired) electrons. The van der Waals surface area contributed by atoms with Crippen LogP contribution < -0.4 is 11.1 Å². The molecule has 0 saturated carbocycles. The van der Waals surface area contributed by atoms with Gasteiger partial charge >= 0.3 is 0 Å². The predicted octanol–water partition coefficient (Wildman–Crippen LogP) is 1.17. The third kappa shape index (κ3) is 4.35. The number of hydrogen-bond acceptors (Lipinski definition) is 5. The first-order valence-electron chi connectivity index (χ1n) is 5.08. The van der Waals surface area contributed by atoms with Crippen LogP contribution >= 0.6 is 11.3 Å². The summed E-state index contributed by atoms with van der Waals surface area (Å²) < 4.78 is 0. The average molecular weight is 228 g/mol. The molecule has 1 aromatic rings. The standard InChI is InChI=1S/C9H16N4OS/c1-2-8-12-13-9(15-8)11-7(14)5-3-4-6-10/h2-6,10H2,1H3,(H,11,13,14). The molecule has 1 aromatic heterocycles. The van der Waals surface area contributed by atoms with Crippen LogP contribution in [0.2, 0.25) is 0 Å². The Hall–Kier alpha value is -1.01. The number of rotatable bonds is 6. The summed E-state index contributed by atoms with van der Waals surface area (Å²) in [7, 11) is 0. The number of carbonyl (C=O) groups excluding carboxylic acids is 1. The Balaban J connectivity index is 2.31. The van der Waals surface area contributed by atoms with Crippen molar-refractivity contribution in [2.45, 2.75) is 32.6 Å². The van der Waals surface area contributed by atoms with E-state index in [1.54, 1.807) is 0 Å². The van der Waals surface area contributed by atoms with Crippen molar-refractivity contribution < 1.29 is 4.79 Å². The van der Waals surface area contributed by atoms with Gasteiger partial charge in [-0.05, 0) is 25.8 Å². The highest BCUT2D eigenvalue weighted by atomic mass is 32.1. The smallest absolute Gasteiger partial charge is 0.226 e. The summed E-state index contributed by atoms with van der Waals surface area (Å²) >= 11 is 1.42. The molecular weight excluding hydrogens is 212 g/mol. The van der Waals surface area contributed by atoms with Crippen molar-refractivity contribution in [3.05, 3.63) is 5.01 Å². The lowest BCUT2D eigenvalue weighted by Crippen LogP contribution is -2.11. The van der Waals surface area contributed by atoms with E-state index < -0.39 is 0 Å². The molecule has 0 aromatic carbocycles. The summed E-state index contributed by atoms with van der Waals surface area (Å²) in [6.45, 7) is 2.64. The van der Waals surface area contributed by atoms with E-state index in [-0.39, 0.29) is 5.91 Å². The number of amides is 1. The molecule has 0 aliphatic rings. The highest BCUT2D eigenvalue weighted by molar-refractivity contribution is 7.15. The first-order chi connectivity index (χ1) is 7.26. The Morgan fingerprint density at radius 1 is 1.47 bits per heavy atom. The zero-order chi connectivity index (χ0) is 11.1. The van der Waals surface area contributed by atoms with Gasteiger partial charge in [0.1, 0.15) is 5.01 Å². The van der Waals surface area contributed by atoms with E-state index in [1.807, 2.05) is 6.92 Å². The summed E-state index contributed by atoms with van der Waals surface area (Å²) in [5.41, 5.74) is 5.34. The number of aromatic nitrogens is 2. The number of carbonyl (C=O) groups is 1. The summed E-state index contributed by atoms with van der Waals surface area (Å²) in [5, 5.41) is 12.0. The van der Waals surface area contributed by atoms with Crippen molar-refractivity contribution in [2.75, 3.05) is 11.9 Å². The minimum atomic E-state index is -0.0118. The lowest BCUT2D eigenvalue weighted by Gasteiger charge is -1.99. The number of nitrogens with one attached hydrogen (secondary N) is 1. The summed E-state index contributed by atoms with van der Waals surface area (Å²) in [6.07, 6.45) is 3.05. The second kappa shape index (κ2) is 6.47. The van der Waals surface area contributed by atoms with E-state index >= 15 is 0 Å². The molecule has 6 heteroatoms. The Kier molecular flexibility index (Phi) is 5.20. The molecule has 15 heavy (non-hydrogen) atoms. The second-order valence-corrected chi connectivity index (χ2v) is 4.21. The van der Waals surface area contributed by atoms with Crippen molar-refractivity contribution in [1.29, 1.82) is 0 Å². The Morgan fingerprint density at radius 2 is 2.27 bits per heavy atom. The Morgan fingerprint density at radius 3 is 2.87 bits per heavy atom. The predicted molar refractivity (Wildman–Crippen MR) is 60.8 cm³/mol. The van der Waals surface area contributed by atoms with Crippen molar-refractivity contribution in [1.82, 2.24) is 10.2 Å². The minimum absolute atomic E-state index is 0.0118. The van der Waals surface area contributed by atoms with Gasteiger partial charge in [-0.2, -0.15) is 0 Å². The largest absolute Gasteiger partial charge is 0.330 e. The number of nitrogens with two attached hydrogens (primary N) is 1. The molecule has 0 aliphatic heterocycles. The molecule has 5 nitrogen and oxygen atoms in total. The molecule has 0 unspecified atom stereocenters. The fraction of sp³-hybridized carbons (Fsp3) is 0.667. The second-order valence-electron chi connectivity index (χ2n) is 3.15. The van der Waals surface area contributed by atoms with Crippen LogP contribution in [-0.4, -0.2) is 22.6 Å². The first kappa shape index (κ1) is 12.1. The molecule has 1 heterocycles. The molecule has 1 rings (SSSR count). The maximum absolute atomic E-state index is 11.4. The summed E-state index contributed by atoms with van der Waals surface area (Å²) in [4.78, 5) is 11.4. The zero-order valence-electron chi connectivity index (χ0n) is 8.82. The van der Waals surface area contributed by atoms with Crippen molar-refractivity contribution in [3.63, 3.8) is 0 Å². The van der Waals surface area contributed by atoms with Crippen LogP contribution in [0, 0.1) is 0 Å². The molecule has 0 bridgehead atoms. The van der Waals surface area contributed by atoms with Gasteiger partial charge in [0.15, 0.2) is 0 Å². The average Bonchev–Trinajstić information content (AvgIpc) is 2.66. The van der Waals surface area contributed by atoms with Crippen LogP contribution in [0.4, 0.5) is 5.13 Å². The number of nitrogens with zero attached hydrogens (tertiary/aromatic N) is 2. The molecule has 0 aliphatic carbocycles. The SMILES string of the molecule is CCc1nnc(NC(=O)CCCCN)s1. The van der Waals surface area contributed by atoms with E-state index in [9.17, 15) is 4.79 Å². The summed E-state index contributed by atoms with van der Waals surface area (Å²) in [6, 6.07) is 0. The van der Waals surface area contributed by atoms with Gasteiger partial charge in [-0.25, -0.2) is 0 Å². The highest BCUT2D eigenvalue weighted by Gasteiger charge is 2.06. The van der Waals surface area contributed by atoms with E-state index in [0.29, 0.717) is 18.1 Å². The lowest BCUT2D eigenvalue weighted by atomic mass is 10.2. The molecule has 0 fully saturated rings. The van der Waals surface area contributed by atoms with E-state index in [4.69, 9.17) is 5.73 Å². The maximum Gasteiger partial charge on any atom is 0.226 e. The molecule has 0 atom stereocenters. The Labute approximate surface area is 93.1 Å². The van der Waals surface area contributed by atoms with E-state index in [1.165, 1.54) is 11.3 Å². The molecule has 84 valence electrons. The van der Waals surface area contributed by atoms with Gasteiger partial charge in [0, 0.05) is 6.42 Å². The van der Waals surface area contributed by atoms with Gasteiger partial charge in [0.2, 0.25) is 11.0 Å². The highest BCUT2D eigenvalue weighted by Crippen LogP contribution is 2.15. The fourth-order valence-corrected chi connectivity index (χ4v) is 1.75. The van der Waals surface area contributed by atoms with Crippen molar-refractivity contribution in [2.24, 2.45) is 5.73 Å². The van der Waals surface area contributed by atoms with Crippen LogP contribution in [0.25, 0.3) is 0 Å². The zero-order valence-corrected chi connectivity index (χ0v) is 9.64. The fourth-order valence-electron chi connectivity index (χ4n) is 1.06. The Bertz CT molecular complexity index is 313. The molecular formula is C9H16N4OS. The quantitative estimate of drug-likeness (QED) is 0.716. The van der Waals surface area contributed by atoms with Crippen LogP contribution in [-0.2, 0) is 11.2 Å². The van der Waals surface area contributed by atoms with Gasteiger partial charge < -0.3 is 11.1 Å². The normalized spacial score (nSPS) is 10.3. The number of anilines is 1. The number of aryl methyl sites for hydroxylation is 1. The molecule has 0 saturated heterocycles. The molecule has 0 spiro atoms. The third-order valence-corrected chi connectivity index (χ3v) is 2.86. The van der Waals surface area contributed by atoms with Gasteiger partial charge in [0.05, 0.1) is 0 Å². The monoisotopic (exact) mass is 228 g/mol. The van der Waals surface area contributed by atoms with Crippen LogP contribution in [0.5, 0.6) is 0 Å². The van der Waals surface area contributed by atoms with Gasteiger partial charge in [0.25, 0.3) is 0 Å². The van der Waals surface area contributed by atoms with Crippen LogP contribution in [0.1, 0.15) is 31.2 Å². The van der Waals surface area contributed by atoms with Crippen molar-refractivity contribution >= 4 is 22.4 Å². The van der Waals surface area contributed by atoms with Gasteiger partial charge in [-0.1, -0.05) is 18.3 Å². The van der Waals surface area contributed by atoms with E-state index in [0.717, 1.165) is 24.3 Å². The van der Waals surface area contributed by atoms with Gasteiger partial charge in [-0.3, -0.25) is 4.79 Å². The third-order valence-electron chi connectivity index (χ3n) is 1.87. The topological polar surface area (TPSA) is 80.9 Å². The maximum atomic E-state index is 11.4. The molecule has 1 amide bonds. The van der Waals surface area contributed by atoms with Crippen LogP contribution in [0.15, 0.2) is 0 Å². The lowest BCUT2D eigenvalue weighted by molar-refractivity contribution is -0.116. The van der Waals surface area contributed by atoms with Crippen LogP contribution in [0.3, 0.4) is 0 Å². The van der Waals surface area contributed by atoms with Gasteiger partial charge in [-0.15, -0.1) is 10.2 Å². The first-order valence-corrected chi connectivity index (χ1v) is 5.90. The van der Waals surface area contributed by atoms with E-state index in [2.05, 4.69) is 15.5 Å². The minimum Gasteiger partial charge on any atom is -0.330 e. The number of hydrogen-bond donors (Lipinski definition) is 2. The summed E-state index contributed by atoms with van der Waals surface area (Å²) in [5.74, 6) is -0.0118. The molecule has 3 N–H and O–H groups in total.